The first-order valence-corrected chi connectivity index (χ1v) is 14.0. The van der Waals surface area contributed by atoms with Crippen molar-refractivity contribution < 1.29 is 21.5 Å². The first kappa shape index (κ1) is 30.4. The van der Waals surface area contributed by atoms with Gasteiger partial charge in [-0.1, -0.05) is 101 Å². The molecule has 1 rings (SSSR count). The van der Waals surface area contributed by atoms with Crippen molar-refractivity contribution in [2.45, 2.75) is 90.4 Å². The largest absolute Gasteiger partial charge is 1.00 e. The highest BCUT2D eigenvalue weighted by molar-refractivity contribution is 8.46. The molecule has 0 atom stereocenters. The lowest BCUT2D eigenvalue weighted by Crippen LogP contribution is -3.00. The monoisotopic (exact) mass is 533 g/mol. The lowest BCUT2D eigenvalue weighted by Gasteiger charge is -2.28. The standard InChI is InChI=1S/C25H44NS3.BrH/c1-5-7-8-9-10-11-12-13-14-15-20-28-25(27)29-22-24-18-16-23(17-19-24)21-26(3,4)6-2;/h16-19H,5-15,20-22H2,1-4H3;1H/q+1;/p-1. The Morgan fingerprint density at radius 1 is 0.767 bits per heavy atom. The fourth-order valence-electron chi connectivity index (χ4n) is 3.28. The summed E-state index contributed by atoms with van der Waals surface area (Å²) >= 11 is 9.26. The molecule has 174 valence electrons. The Morgan fingerprint density at radius 3 is 1.80 bits per heavy atom. The predicted molar refractivity (Wildman–Crippen MR) is 141 cm³/mol. The summed E-state index contributed by atoms with van der Waals surface area (Å²) in [5, 5.41) is 0. The normalized spacial score (nSPS) is 11.3. The third-order valence-corrected chi connectivity index (χ3v) is 8.42. The quantitative estimate of drug-likeness (QED) is 0.157. The van der Waals surface area contributed by atoms with Crippen LogP contribution in [-0.2, 0) is 12.3 Å². The Balaban J connectivity index is 0.00000841. The molecule has 0 fully saturated rings. The number of rotatable bonds is 16. The molecule has 0 spiro atoms. The molecular formula is C25H44BrNS3. The summed E-state index contributed by atoms with van der Waals surface area (Å²) < 4.78 is 2.14. The maximum atomic E-state index is 5.56. The summed E-state index contributed by atoms with van der Waals surface area (Å²) in [6.07, 6.45) is 14.0. The second kappa shape index (κ2) is 19.0. The Morgan fingerprint density at radius 2 is 1.27 bits per heavy atom. The topological polar surface area (TPSA) is 0 Å². The number of nitrogens with zero attached hydrogens (tertiary/aromatic N) is 1. The van der Waals surface area contributed by atoms with Gasteiger partial charge in [0.15, 0.2) is 0 Å². The van der Waals surface area contributed by atoms with E-state index in [1.54, 1.807) is 0 Å². The second-order valence-corrected chi connectivity index (χ2v) is 12.1. The molecule has 0 aromatic heterocycles. The second-order valence-electron chi connectivity index (χ2n) is 8.80. The van der Waals surface area contributed by atoms with Gasteiger partial charge in [0.2, 0.25) is 0 Å². The highest BCUT2D eigenvalue weighted by atomic mass is 79.9. The van der Waals surface area contributed by atoms with Crippen LogP contribution in [0.15, 0.2) is 24.3 Å². The zero-order valence-electron chi connectivity index (χ0n) is 19.8. The molecule has 0 amide bonds. The van der Waals surface area contributed by atoms with Gasteiger partial charge in [-0.2, -0.15) is 0 Å². The van der Waals surface area contributed by atoms with Crippen molar-refractivity contribution in [2.24, 2.45) is 0 Å². The lowest BCUT2D eigenvalue weighted by atomic mass is 10.1. The average Bonchev–Trinajstić information content (AvgIpc) is 2.71. The Kier molecular flexibility index (Phi) is 19.3. The van der Waals surface area contributed by atoms with Crippen LogP contribution in [0, 0.1) is 0 Å². The molecule has 0 N–H and O–H groups in total. The minimum atomic E-state index is 0. The molecule has 0 saturated heterocycles. The molecule has 0 aliphatic carbocycles. The van der Waals surface area contributed by atoms with Gasteiger partial charge < -0.3 is 21.5 Å². The Labute approximate surface area is 211 Å². The van der Waals surface area contributed by atoms with Crippen molar-refractivity contribution in [3.8, 4) is 0 Å². The van der Waals surface area contributed by atoms with Crippen LogP contribution in [0.1, 0.15) is 89.2 Å². The maximum Gasteiger partial charge on any atom is 0.104 e. The summed E-state index contributed by atoms with van der Waals surface area (Å²) in [5.74, 6) is 2.18. The fourth-order valence-corrected chi connectivity index (χ4v) is 5.45. The molecule has 5 heteroatoms. The van der Waals surface area contributed by atoms with E-state index in [0.29, 0.717) is 0 Å². The summed E-state index contributed by atoms with van der Waals surface area (Å²) in [6, 6.07) is 9.11. The maximum absolute atomic E-state index is 5.56. The van der Waals surface area contributed by atoms with Gasteiger partial charge in [0.05, 0.1) is 20.6 Å². The van der Waals surface area contributed by atoms with Gasteiger partial charge in [-0.3, -0.25) is 0 Å². The molecule has 0 aliphatic rings. The van der Waals surface area contributed by atoms with Gasteiger partial charge in [0, 0.05) is 11.3 Å². The summed E-state index contributed by atoms with van der Waals surface area (Å²) in [6.45, 7) is 6.78. The van der Waals surface area contributed by atoms with Gasteiger partial charge in [-0.25, -0.2) is 0 Å². The number of thioether (sulfide) groups is 2. The van der Waals surface area contributed by atoms with E-state index in [1.165, 1.54) is 81.1 Å². The number of quaternary nitrogens is 1. The minimum absolute atomic E-state index is 0. The van der Waals surface area contributed by atoms with Crippen LogP contribution in [0.25, 0.3) is 0 Å². The van der Waals surface area contributed by atoms with Crippen molar-refractivity contribution in [1.82, 2.24) is 0 Å². The van der Waals surface area contributed by atoms with E-state index < -0.39 is 0 Å². The van der Waals surface area contributed by atoms with Crippen LogP contribution in [0.5, 0.6) is 0 Å². The summed E-state index contributed by atoms with van der Waals surface area (Å²) in [4.78, 5) is 0. The molecule has 0 heterocycles. The molecule has 1 aromatic rings. The van der Waals surface area contributed by atoms with Gasteiger partial charge in [-0.05, 0) is 24.7 Å². The third-order valence-electron chi connectivity index (χ3n) is 5.56. The van der Waals surface area contributed by atoms with Gasteiger partial charge in [0.1, 0.15) is 10.1 Å². The summed E-state index contributed by atoms with van der Waals surface area (Å²) in [7, 11) is 4.57. The van der Waals surface area contributed by atoms with Crippen LogP contribution >= 0.6 is 35.7 Å². The molecule has 0 radical (unpaired) electrons. The Hall–Kier alpha value is 0.450. The van der Waals surface area contributed by atoms with E-state index in [1.807, 2.05) is 23.5 Å². The molecule has 0 aliphatic heterocycles. The van der Waals surface area contributed by atoms with E-state index in [2.05, 4.69) is 52.2 Å². The zero-order valence-corrected chi connectivity index (χ0v) is 23.8. The predicted octanol–water partition coefficient (Wildman–Crippen LogP) is 5.46. The SMILES string of the molecule is CCCCCCCCCCCCSC(=S)SCc1ccc(C[N+](C)(C)CC)cc1.[Br-]. The van der Waals surface area contributed by atoms with E-state index in [4.69, 9.17) is 12.2 Å². The van der Waals surface area contributed by atoms with E-state index in [0.717, 1.165) is 26.9 Å². The molecule has 30 heavy (non-hydrogen) atoms. The van der Waals surface area contributed by atoms with E-state index in [-0.39, 0.29) is 17.0 Å². The van der Waals surface area contributed by atoms with Crippen molar-refractivity contribution in [3.05, 3.63) is 35.4 Å². The van der Waals surface area contributed by atoms with Gasteiger partial charge in [-0.15, -0.1) is 23.5 Å². The van der Waals surface area contributed by atoms with E-state index >= 15 is 0 Å². The van der Waals surface area contributed by atoms with Crippen LogP contribution in [0.4, 0.5) is 0 Å². The fraction of sp³-hybridized carbons (Fsp3) is 0.720. The highest BCUT2D eigenvalue weighted by Crippen LogP contribution is 2.23. The van der Waals surface area contributed by atoms with Gasteiger partial charge >= 0.3 is 0 Å². The van der Waals surface area contributed by atoms with Gasteiger partial charge in [0.25, 0.3) is 0 Å². The average molecular weight is 535 g/mol. The highest BCUT2D eigenvalue weighted by Gasteiger charge is 2.12. The molecular weight excluding hydrogens is 490 g/mol. The first-order chi connectivity index (χ1) is 14.0. The molecule has 0 bridgehead atoms. The van der Waals surface area contributed by atoms with Crippen LogP contribution < -0.4 is 17.0 Å². The molecule has 1 nitrogen and oxygen atoms in total. The van der Waals surface area contributed by atoms with Crippen molar-refractivity contribution in [3.63, 3.8) is 0 Å². The number of halogens is 1. The number of unbranched alkanes of at least 4 members (excludes halogenated alkanes) is 9. The molecule has 0 saturated carbocycles. The van der Waals surface area contributed by atoms with Crippen molar-refractivity contribution in [2.75, 3.05) is 26.4 Å². The van der Waals surface area contributed by atoms with Crippen molar-refractivity contribution in [1.29, 1.82) is 0 Å². The van der Waals surface area contributed by atoms with Crippen LogP contribution in [0.3, 0.4) is 0 Å². The minimum Gasteiger partial charge on any atom is -1.00 e. The number of hydrogen-bond donors (Lipinski definition) is 0. The van der Waals surface area contributed by atoms with Crippen LogP contribution in [-0.4, -0.2) is 34.4 Å². The van der Waals surface area contributed by atoms with E-state index in [9.17, 15) is 0 Å². The number of thiocarbonyl (C=S) groups is 1. The molecule has 0 unspecified atom stereocenters. The summed E-state index contributed by atoms with van der Waals surface area (Å²) in [5.41, 5.74) is 2.80. The van der Waals surface area contributed by atoms with Crippen molar-refractivity contribution >= 4 is 39.3 Å². The number of hydrogen-bond acceptors (Lipinski definition) is 3. The first-order valence-electron chi connectivity index (χ1n) is 11.7. The smallest absolute Gasteiger partial charge is 0.104 e. The Bertz CT molecular complexity index is 546. The zero-order chi connectivity index (χ0) is 21.4. The molecule has 1 aromatic carbocycles. The number of benzene rings is 1. The lowest BCUT2D eigenvalue weighted by molar-refractivity contribution is -0.901. The third kappa shape index (κ3) is 16.1. The van der Waals surface area contributed by atoms with Crippen LogP contribution in [0.2, 0.25) is 0 Å².